The average molecular weight is 252 g/mol. The first-order valence-corrected chi connectivity index (χ1v) is 6.97. The molecule has 1 heterocycles. The summed E-state index contributed by atoms with van der Waals surface area (Å²) in [6, 6.07) is 15.4. The Hall–Kier alpha value is -1.67. The van der Waals surface area contributed by atoms with Gasteiger partial charge in [-0.1, -0.05) is 37.3 Å². The van der Waals surface area contributed by atoms with Crippen molar-refractivity contribution in [2.75, 3.05) is 7.05 Å². The van der Waals surface area contributed by atoms with Crippen LogP contribution in [0.15, 0.2) is 48.7 Å². The Morgan fingerprint density at radius 3 is 2.63 bits per heavy atom. The van der Waals surface area contributed by atoms with E-state index in [2.05, 4.69) is 60.7 Å². The molecule has 0 saturated carbocycles. The van der Waals surface area contributed by atoms with Gasteiger partial charge in [0, 0.05) is 29.8 Å². The largest absolute Gasteiger partial charge is 0.316 e. The first kappa shape index (κ1) is 12.4. The number of benzene rings is 1. The highest BCUT2D eigenvalue weighted by molar-refractivity contribution is 5.42. The van der Waals surface area contributed by atoms with Gasteiger partial charge in [0.2, 0.25) is 0 Å². The van der Waals surface area contributed by atoms with E-state index in [1.54, 1.807) is 0 Å². The van der Waals surface area contributed by atoms with Crippen LogP contribution >= 0.6 is 0 Å². The highest BCUT2D eigenvalue weighted by atomic mass is 14.9. The Balaban J connectivity index is 1.83. The summed E-state index contributed by atoms with van der Waals surface area (Å²) in [5.74, 6) is 1.03. The normalized spacial score (nSPS) is 20.2. The summed E-state index contributed by atoms with van der Waals surface area (Å²) in [5.41, 5.74) is 4.18. The van der Waals surface area contributed by atoms with E-state index in [-0.39, 0.29) is 0 Å². The Morgan fingerprint density at radius 2 is 1.95 bits per heavy atom. The predicted octanol–water partition coefficient (Wildman–Crippen LogP) is 3.11. The zero-order valence-corrected chi connectivity index (χ0v) is 11.5. The van der Waals surface area contributed by atoms with Crippen LogP contribution in [-0.2, 0) is 6.42 Å². The number of hydrogen-bond donors (Lipinski definition) is 1. The summed E-state index contributed by atoms with van der Waals surface area (Å²) in [7, 11) is 2.06. The molecule has 1 aromatic carbocycles. The molecule has 1 aliphatic rings. The minimum Gasteiger partial charge on any atom is -0.316 e. The highest BCUT2D eigenvalue weighted by Crippen LogP contribution is 2.41. The molecule has 0 saturated heterocycles. The molecule has 0 fully saturated rings. The van der Waals surface area contributed by atoms with Crippen molar-refractivity contribution in [1.29, 1.82) is 0 Å². The minimum absolute atomic E-state index is 0.421. The van der Waals surface area contributed by atoms with Crippen molar-refractivity contribution in [3.05, 3.63) is 65.5 Å². The summed E-state index contributed by atoms with van der Waals surface area (Å²) < 4.78 is 0. The van der Waals surface area contributed by atoms with Crippen LogP contribution < -0.4 is 5.32 Å². The molecule has 1 aliphatic carbocycles. The third-order valence-electron chi connectivity index (χ3n) is 4.35. The average Bonchev–Trinajstić information content (AvgIpc) is 2.45. The molecule has 0 radical (unpaired) electrons. The molecule has 2 heteroatoms. The first-order chi connectivity index (χ1) is 9.31. The predicted molar refractivity (Wildman–Crippen MR) is 78.4 cm³/mol. The van der Waals surface area contributed by atoms with Crippen LogP contribution in [-0.4, -0.2) is 18.1 Å². The molecular formula is C17H20N2. The lowest BCUT2D eigenvalue weighted by Crippen LogP contribution is -2.41. The molecule has 3 rings (SSSR count). The SMILES string of the molecule is CNC(C(C)c1ccccn1)C1Cc2ccccc21. The summed E-state index contributed by atoms with van der Waals surface area (Å²) in [6.45, 7) is 2.27. The number of likely N-dealkylation sites (N-methyl/N-ethyl adjacent to an activating group) is 1. The van der Waals surface area contributed by atoms with Crippen LogP contribution in [0, 0.1) is 0 Å². The van der Waals surface area contributed by atoms with Crippen molar-refractivity contribution in [1.82, 2.24) is 10.3 Å². The lowest BCUT2D eigenvalue weighted by atomic mass is 9.70. The van der Waals surface area contributed by atoms with Crippen LogP contribution in [0.3, 0.4) is 0 Å². The van der Waals surface area contributed by atoms with Crippen molar-refractivity contribution >= 4 is 0 Å². The standard InChI is InChI=1S/C17H20N2/c1-12(16-9-5-6-10-19-16)17(18-2)15-11-13-7-3-4-8-14(13)15/h3-10,12,15,17-18H,11H2,1-2H3. The number of nitrogens with zero attached hydrogens (tertiary/aromatic N) is 1. The second-order valence-corrected chi connectivity index (χ2v) is 5.37. The quantitative estimate of drug-likeness (QED) is 0.904. The van der Waals surface area contributed by atoms with Gasteiger partial charge in [0.25, 0.3) is 0 Å². The highest BCUT2D eigenvalue weighted by Gasteiger charge is 2.35. The maximum Gasteiger partial charge on any atom is 0.0447 e. The monoisotopic (exact) mass is 252 g/mol. The molecule has 3 unspecified atom stereocenters. The number of rotatable bonds is 4. The van der Waals surface area contributed by atoms with Crippen molar-refractivity contribution in [3.63, 3.8) is 0 Å². The van der Waals surface area contributed by atoms with Gasteiger partial charge in [0.1, 0.15) is 0 Å². The Kier molecular flexibility index (Phi) is 3.34. The molecule has 0 amide bonds. The first-order valence-electron chi connectivity index (χ1n) is 6.97. The van der Waals surface area contributed by atoms with E-state index in [1.807, 2.05) is 12.3 Å². The molecular weight excluding hydrogens is 232 g/mol. The van der Waals surface area contributed by atoms with Gasteiger partial charge in [-0.3, -0.25) is 4.98 Å². The van der Waals surface area contributed by atoms with Crippen molar-refractivity contribution in [2.24, 2.45) is 0 Å². The molecule has 0 bridgehead atoms. The van der Waals surface area contributed by atoms with Gasteiger partial charge in [-0.25, -0.2) is 0 Å². The van der Waals surface area contributed by atoms with Crippen molar-refractivity contribution in [3.8, 4) is 0 Å². The van der Waals surface area contributed by atoms with Crippen molar-refractivity contribution in [2.45, 2.75) is 31.2 Å². The molecule has 2 nitrogen and oxygen atoms in total. The third-order valence-corrected chi connectivity index (χ3v) is 4.35. The summed E-state index contributed by atoms with van der Waals surface area (Å²) in [6.07, 6.45) is 3.06. The van der Waals surface area contributed by atoms with Gasteiger partial charge in [-0.05, 0) is 36.7 Å². The van der Waals surface area contributed by atoms with E-state index in [4.69, 9.17) is 0 Å². The Labute approximate surface area is 114 Å². The van der Waals surface area contributed by atoms with Gasteiger partial charge in [-0.15, -0.1) is 0 Å². The zero-order chi connectivity index (χ0) is 13.2. The second-order valence-electron chi connectivity index (χ2n) is 5.37. The van der Waals surface area contributed by atoms with Gasteiger partial charge in [0.15, 0.2) is 0 Å². The van der Waals surface area contributed by atoms with E-state index >= 15 is 0 Å². The fraction of sp³-hybridized carbons (Fsp3) is 0.353. The number of aromatic nitrogens is 1. The molecule has 1 aromatic heterocycles. The van der Waals surface area contributed by atoms with Gasteiger partial charge >= 0.3 is 0 Å². The number of hydrogen-bond acceptors (Lipinski definition) is 2. The van der Waals surface area contributed by atoms with E-state index in [0.717, 1.165) is 0 Å². The summed E-state index contributed by atoms with van der Waals surface area (Å²) >= 11 is 0. The van der Waals surface area contributed by atoms with E-state index in [9.17, 15) is 0 Å². The van der Waals surface area contributed by atoms with E-state index in [0.29, 0.717) is 17.9 Å². The number of pyridine rings is 1. The summed E-state index contributed by atoms with van der Waals surface area (Å²) in [4.78, 5) is 4.50. The van der Waals surface area contributed by atoms with Gasteiger partial charge in [-0.2, -0.15) is 0 Å². The molecule has 1 N–H and O–H groups in total. The fourth-order valence-corrected chi connectivity index (χ4v) is 3.25. The van der Waals surface area contributed by atoms with E-state index in [1.165, 1.54) is 23.2 Å². The molecule has 0 aliphatic heterocycles. The molecule has 0 spiro atoms. The molecule has 19 heavy (non-hydrogen) atoms. The maximum absolute atomic E-state index is 4.50. The lowest BCUT2D eigenvalue weighted by Gasteiger charge is -2.39. The third kappa shape index (κ3) is 2.17. The van der Waals surface area contributed by atoms with Gasteiger partial charge in [0.05, 0.1) is 0 Å². The smallest absolute Gasteiger partial charge is 0.0447 e. The number of fused-ring (bicyclic) bond motifs is 1. The second kappa shape index (κ2) is 5.14. The van der Waals surface area contributed by atoms with Crippen LogP contribution in [0.4, 0.5) is 0 Å². The Morgan fingerprint density at radius 1 is 1.16 bits per heavy atom. The van der Waals surface area contributed by atoms with E-state index < -0.39 is 0 Å². The van der Waals surface area contributed by atoms with Crippen molar-refractivity contribution < 1.29 is 0 Å². The lowest BCUT2D eigenvalue weighted by molar-refractivity contribution is 0.374. The topological polar surface area (TPSA) is 24.9 Å². The molecule has 98 valence electrons. The minimum atomic E-state index is 0.421. The van der Waals surface area contributed by atoms with Crippen LogP contribution in [0.1, 0.15) is 35.6 Å². The maximum atomic E-state index is 4.50. The van der Waals surface area contributed by atoms with Gasteiger partial charge < -0.3 is 5.32 Å². The van der Waals surface area contributed by atoms with Crippen LogP contribution in [0.5, 0.6) is 0 Å². The summed E-state index contributed by atoms with van der Waals surface area (Å²) in [5, 5.41) is 3.50. The molecule has 3 atom stereocenters. The number of nitrogens with one attached hydrogen (secondary N) is 1. The van der Waals surface area contributed by atoms with Crippen LogP contribution in [0.25, 0.3) is 0 Å². The Bertz CT molecular complexity index is 548. The zero-order valence-electron chi connectivity index (χ0n) is 11.5. The fourth-order valence-electron chi connectivity index (χ4n) is 3.25. The molecule has 2 aromatic rings. The van der Waals surface area contributed by atoms with Crippen LogP contribution in [0.2, 0.25) is 0 Å².